The second-order valence-corrected chi connectivity index (χ2v) is 3.78. The van der Waals surface area contributed by atoms with Crippen molar-refractivity contribution in [2.75, 3.05) is 0 Å². The van der Waals surface area contributed by atoms with Crippen LogP contribution in [0.1, 0.15) is 0 Å². The Labute approximate surface area is 101 Å². The second kappa shape index (κ2) is 4.06. The van der Waals surface area contributed by atoms with E-state index in [4.69, 9.17) is 0 Å². The van der Waals surface area contributed by atoms with Crippen molar-refractivity contribution < 1.29 is 17.9 Å². The molecule has 0 radical (unpaired) electrons. The summed E-state index contributed by atoms with van der Waals surface area (Å²) in [5.74, 6) is -0.268. The van der Waals surface area contributed by atoms with Crippen molar-refractivity contribution in [2.24, 2.45) is 0 Å². The van der Waals surface area contributed by atoms with Crippen molar-refractivity contribution in [2.45, 2.75) is 6.36 Å². The molecule has 0 aromatic carbocycles. The molecule has 1 aromatic heterocycles. The van der Waals surface area contributed by atoms with Gasteiger partial charge in [-0.2, -0.15) is 0 Å². The van der Waals surface area contributed by atoms with Gasteiger partial charge in [-0.1, -0.05) is 0 Å². The Kier molecular flexibility index (Phi) is 3.54. The molecule has 0 aliphatic heterocycles. The van der Waals surface area contributed by atoms with E-state index in [2.05, 4.69) is 9.72 Å². The molecule has 0 amide bonds. The van der Waals surface area contributed by atoms with Crippen LogP contribution in [0, 0.1) is 0 Å². The Balaban J connectivity index is 2.71. The van der Waals surface area contributed by atoms with Crippen LogP contribution in [0.5, 0.6) is 5.75 Å². The van der Waals surface area contributed by atoms with Crippen molar-refractivity contribution in [3.05, 3.63) is 18.3 Å². The molecule has 1 aromatic rings. The molecule has 0 saturated carbocycles. The third kappa shape index (κ3) is 3.86. The quantitative estimate of drug-likeness (QED) is 0.626. The van der Waals surface area contributed by atoms with Gasteiger partial charge in [0.1, 0.15) is 0 Å². The van der Waals surface area contributed by atoms with Crippen LogP contribution >= 0.6 is 0 Å². The van der Waals surface area contributed by atoms with Gasteiger partial charge in [0.15, 0.2) is 0 Å². The van der Waals surface area contributed by atoms with Crippen molar-refractivity contribution in [1.82, 2.24) is 4.98 Å². The molecule has 60 valence electrons. The molecule has 6 heteroatoms. The van der Waals surface area contributed by atoms with Gasteiger partial charge in [0.05, 0.1) is 0 Å². The zero-order valence-electron chi connectivity index (χ0n) is 6.22. The molecule has 1 heterocycles. The molecule has 0 N–H and O–H groups in total. The predicted octanol–water partition coefficient (Wildman–Crippen LogP) is 0.774. The summed E-state index contributed by atoms with van der Waals surface area (Å²) in [6.07, 6.45) is -3.55. The predicted molar refractivity (Wildman–Crippen MR) is 36.3 cm³/mol. The molecule has 0 unspecified atom stereocenters. The third-order valence-electron chi connectivity index (χ3n) is 1.12. The van der Waals surface area contributed by atoms with E-state index in [1.165, 1.54) is 12.1 Å². The zero-order valence-corrected chi connectivity index (χ0v) is 9.34. The molecular weight excluding hydrogens is 198 g/mol. The van der Waals surface area contributed by atoms with Crippen LogP contribution in [0.2, 0.25) is 0 Å². The maximum absolute atomic E-state index is 11.6. The van der Waals surface area contributed by atoms with Crippen molar-refractivity contribution in [3.63, 3.8) is 0 Å². The van der Waals surface area contributed by atoms with Crippen LogP contribution in [0.25, 0.3) is 0 Å². The van der Waals surface area contributed by atoms with Crippen molar-refractivity contribution in [3.8, 4) is 5.75 Å². The Hall–Kier alpha value is 0.376. The van der Waals surface area contributed by atoms with Crippen LogP contribution in [0.4, 0.5) is 13.2 Å². The zero-order chi connectivity index (χ0) is 9.19. The fraction of sp³-hybridized carbons (Fsp3) is 0.167. The molecule has 0 saturated heterocycles. The van der Waals surface area contributed by atoms with Gasteiger partial charge < -0.3 is 0 Å². The van der Waals surface area contributed by atoms with Gasteiger partial charge in [0, 0.05) is 0 Å². The standard InChI is InChI=1S/C6H3F3NO.K/c7-6(8,9)11-5-2-1-3-10-4-5;/h1-2,4H;. The van der Waals surface area contributed by atoms with Crippen molar-refractivity contribution in [1.29, 1.82) is 0 Å². The van der Waals surface area contributed by atoms with E-state index < -0.39 is 6.36 Å². The second-order valence-electron chi connectivity index (χ2n) is 2.18. The number of rotatable bonds is 1. The third-order valence-corrected chi connectivity index (χ3v) is 2.04. The Morgan fingerprint density at radius 1 is 1.33 bits per heavy atom. The number of pyridine rings is 1. The first-order chi connectivity index (χ1) is 5.47. The number of alkyl halides is 3. The van der Waals surface area contributed by atoms with Gasteiger partial charge in [0.2, 0.25) is 0 Å². The summed E-state index contributed by atoms with van der Waals surface area (Å²) in [5.41, 5.74) is 0. The maximum atomic E-state index is 11.6. The molecule has 0 aliphatic carbocycles. The number of halogens is 3. The number of hydrogen-bond donors (Lipinski definition) is 0. The summed E-state index contributed by atoms with van der Waals surface area (Å²) in [4.78, 5) is 3.72. The fourth-order valence-corrected chi connectivity index (χ4v) is 1.11. The molecule has 2 nitrogen and oxygen atoms in total. The van der Waals surface area contributed by atoms with Gasteiger partial charge in [0.25, 0.3) is 0 Å². The molecule has 0 fully saturated rings. The molecule has 0 bridgehead atoms. The van der Waals surface area contributed by atoms with E-state index in [9.17, 15) is 13.2 Å². The summed E-state index contributed by atoms with van der Waals surface area (Å²) in [6.45, 7) is 0. The van der Waals surface area contributed by atoms with Crippen LogP contribution in [0.15, 0.2) is 18.3 Å². The molecule has 0 spiro atoms. The number of aromatic nitrogens is 1. The average molecular weight is 201 g/mol. The molecule has 0 aliphatic rings. The summed E-state index contributed by atoms with van der Waals surface area (Å²) in [5, 5.41) is 0. The summed E-state index contributed by atoms with van der Waals surface area (Å²) >= 11 is 0.379. The Morgan fingerprint density at radius 3 is 2.42 bits per heavy atom. The molecule has 0 atom stereocenters. The monoisotopic (exact) mass is 201 g/mol. The van der Waals surface area contributed by atoms with Crippen LogP contribution in [-0.4, -0.2) is 60.3 Å². The molecule has 1 rings (SSSR count). The SMILES string of the molecule is FC(F)(F)Oc1cc[c]([K])nc1. The van der Waals surface area contributed by atoms with Crippen LogP contribution < -0.4 is 4.53 Å². The van der Waals surface area contributed by atoms with E-state index in [1.807, 2.05) is 0 Å². The summed E-state index contributed by atoms with van der Waals surface area (Å²) in [7, 11) is 0. The summed E-state index contributed by atoms with van der Waals surface area (Å²) in [6, 6.07) is 2.79. The van der Waals surface area contributed by atoms with E-state index in [0.29, 0.717) is 49.0 Å². The summed E-state index contributed by atoms with van der Waals surface area (Å²) < 4.78 is 39.3. The Morgan fingerprint density at radius 2 is 2.00 bits per heavy atom. The van der Waals surface area contributed by atoms with Gasteiger partial charge >= 0.3 is 102 Å². The van der Waals surface area contributed by atoms with Gasteiger partial charge in [-0.15, -0.1) is 0 Å². The topological polar surface area (TPSA) is 22.1 Å². The fourth-order valence-electron chi connectivity index (χ4n) is 0.648. The minimum absolute atomic E-state index is 0.268. The average Bonchev–Trinajstić information content (AvgIpc) is 1.91. The first kappa shape index (κ1) is 10.5. The number of hydrogen-bond acceptors (Lipinski definition) is 2. The first-order valence-electron chi connectivity index (χ1n) is 3.16. The normalized spacial score (nSPS) is 11.4. The van der Waals surface area contributed by atoms with E-state index in [1.54, 1.807) is 0 Å². The van der Waals surface area contributed by atoms with E-state index in [-0.39, 0.29) is 5.75 Å². The Bertz CT molecular complexity index is 258. The van der Waals surface area contributed by atoms with Gasteiger partial charge in [-0.05, 0) is 0 Å². The molecular formula is C6H3F3KNO. The van der Waals surface area contributed by atoms with Gasteiger partial charge in [-0.25, -0.2) is 0 Å². The first-order valence-corrected chi connectivity index (χ1v) is 4.72. The minimum atomic E-state index is -4.63. The van der Waals surface area contributed by atoms with Crippen LogP contribution in [-0.2, 0) is 0 Å². The van der Waals surface area contributed by atoms with Gasteiger partial charge in [-0.3, -0.25) is 0 Å². The van der Waals surface area contributed by atoms with E-state index >= 15 is 0 Å². The van der Waals surface area contributed by atoms with E-state index in [0.717, 1.165) is 5.99 Å². The number of nitrogens with zero attached hydrogens (tertiary/aromatic N) is 1. The van der Waals surface area contributed by atoms with Crippen LogP contribution in [0.3, 0.4) is 0 Å². The van der Waals surface area contributed by atoms with Crippen molar-refractivity contribution >= 4 is 48.7 Å². The number of ether oxygens (including phenoxy) is 1. The molecule has 12 heavy (non-hydrogen) atoms.